The highest BCUT2D eigenvalue weighted by molar-refractivity contribution is 6.29. The van der Waals surface area contributed by atoms with Crippen LogP contribution in [0.5, 0.6) is 5.75 Å². The number of hydrogen-bond acceptors (Lipinski definition) is 6. The van der Waals surface area contributed by atoms with E-state index < -0.39 is 6.16 Å². The molecule has 0 N–H and O–H groups in total. The maximum atomic E-state index is 12.6. The number of methoxy groups -OCH3 is 1. The van der Waals surface area contributed by atoms with Crippen LogP contribution in [0.15, 0.2) is 36.7 Å². The SMILES string of the molecule is COC(=O)Oc1ccc2cc(C(=O)c3cc(Cl)ncn3)n(C)c2c1. The van der Waals surface area contributed by atoms with Crippen LogP contribution in [0.2, 0.25) is 5.15 Å². The maximum absolute atomic E-state index is 12.6. The van der Waals surface area contributed by atoms with E-state index in [-0.39, 0.29) is 16.6 Å². The summed E-state index contributed by atoms with van der Waals surface area (Å²) in [6.07, 6.45) is 0.427. The Labute approximate surface area is 141 Å². The summed E-state index contributed by atoms with van der Waals surface area (Å²) >= 11 is 5.81. The van der Waals surface area contributed by atoms with Gasteiger partial charge < -0.3 is 14.0 Å². The van der Waals surface area contributed by atoms with Crippen molar-refractivity contribution in [1.82, 2.24) is 14.5 Å². The first-order chi connectivity index (χ1) is 11.5. The quantitative estimate of drug-likeness (QED) is 0.314. The average Bonchev–Trinajstić information content (AvgIpc) is 2.90. The van der Waals surface area contributed by atoms with Gasteiger partial charge in [-0.05, 0) is 18.2 Å². The summed E-state index contributed by atoms with van der Waals surface area (Å²) in [7, 11) is 2.97. The summed E-state index contributed by atoms with van der Waals surface area (Å²) in [5.74, 6) is 0.0352. The molecule has 3 aromatic rings. The summed E-state index contributed by atoms with van der Waals surface area (Å²) in [5.41, 5.74) is 1.35. The lowest BCUT2D eigenvalue weighted by Crippen LogP contribution is -2.09. The van der Waals surface area contributed by atoms with Crippen LogP contribution in [0.1, 0.15) is 16.2 Å². The maximum Gasteiger partial charge on any atom is 0.513 e. The summed E-state index contributed by atoms with van der Waals surface area (Å²) in [4.78, 5) is 31.5. The van der Waals surface area contributed by atoms with Crippen LogP contribution in [-0.2, 0) is 11.8 Å². The zero-order valence-electron chi connectivity index (χ0n) is 12.8. The van der Waals surface area contributed by atoms with Crippen molar-refractivity contribution in [3.05, 3.63) is 53.2 Å². The van der Waals surface area contributed by atoms with Crippen LogP contribution in [0, 0.1) is 0 Å². The van der Waals surface area contributed by atoms with Crippen LogP contribution in [-0.4, -0.2) is 33.6 Å². The van der Waals surface area contributed by atoms with E-state index in [9.17, 15) is 9.59 Å². The second-order valence-corrected chi connectivity index (χ2v) is 5.31. The zero-order chi connectivity index (χ0) is 17.3. The van der Waals surface area contributed by atoms with Crippen molar-refractivity contribution in [1.29, 1.82) is 0 Å². The third-order valence-electron chi connectivity index (χ3n) is 3.48. The first-order valence-corrected chi connectivity index (χ1v) is 7.25. The molecule has 0 atom stereocenters. The highest BCUT2D eigenvalue weighted by Gasteiger charge is 2.18. The highest BCUT2D eigenvalue weighted by atomic mass is 35.5. The number of aryl methyl sites for hydroxylation is 1. The number of carbonyl (C=O) groups excluding carboxylic acids is 2. The van der Waals surface area contributed by atoms with Gasteiger partial charge in [0.25, 0.3) is 0 Å². The van der Waals surface area contributed by atoms with E-state index in [2.05, 4.69) is 14.7 Å². The fourth-order valence-electron chi connectivity index (χ4n) is 2.32. The number of carbonyl (C=O) groups is 2. The minimum atomic E-state index is -0.810. The molecule has 8 heteroatoms. The van der Waals surface area contributed by atoms with Gasteiger partial charge in [0.15, 0.2) is 0 Å². The summed E-state index contributed by atoms with van der Waals surface area (Å²) in [5, 5.41) is 1.01. The van der Waals surface area contributed by atoms with Gasteiger partial charge in [-0.1, -0.05) is 11.6 Å². The van der Waals surface area contributed by atoms with E-state index >= 15 is 0 Å². The molecule has 3 rings (SSSR count). The average molecular weight is 346 g/mol. The molecule has 0 saturated heterocycles. The smallest absolute Gasteiger partial charge is 0.437 e. The molecule has 0 aliphatic rings. The van der Waals surface area contributed by atoms with Crippen LogP contribution < -0.4 is 4.74 Å². The summed E-state index contributed by atoms with van der Waals surface area (Å²) in [6, 6.07) is 8.16. The Bertz CT molecular complexity index is 952. The van der Waals surface area contributed by atoms with Gasteiger partial charge in [0.2, 0.25) is 5.78 Å². The Kier molecular flexibility index (Phi) is 4.18. The van der Waals surface area contributed by atoms with Crippen LogP contribution >= 0.6 is 11.6 Å². The predicted molar refractivity (Wildman–Crippen MR) is 86.4 cm³/mol. The molecule has 7 nitrogen and oxygen atoms in total. The van der Waals surface area contributed by atoms with E-state index in [1.165, 1.54) is 19.5 Å². The molecule has 0 aliphatic heterocycles. The molecule has 122 valence electrons. The molecule has 1 aromatic carbocycles. The van der Waals surface area contributed by atoms with Crippen molar-refractivity contribution in [2.24, 2.45) is 7.05 Å². The number of fused-ring (bicyclic) bond motifs is 1. The normalized spacial score (nSPS) is 10.6. The second kappa shape index (κ2) is 6.29. The van der Waals surface area contributed by atoms with E-state index in [1.807, 2.05) is 0 Å². The van der Waals surface area contributed by atoms with Crippen molar-refractivity contribution < 1.29 is 19.1 Å². The number of ketones is 1. The number of ether oxygens (including phenoxy) is 2. The minimum Gasteiger partial charge on any atom is -0.437 e. The van der Waals surface area contributed by atoms with Crippen LogP contribution in [0.25, 0.3) is 10.9 Å². The monoisotopic (exact) mass is 345 g/mol. The van der Waals surface area contributed by atoms with Gasteiger partial charge in [0.1, 0.15) is 22.9 Å². The molecule has 0 unspecified atom stereocenters. The van der Waals surface area contributed by atoms with Crippen molar-refractivity contribution in [3.63, 3.8) is 0 Å². The van der Waals surface area contributed by atoms with Gasteiger partial charge >= 0.3 is 6.16 Å². The predicted octanol–water partition coefficient (Wildman–Crippen LogP) is 3.00. The number of benzene rings is 1. The highest BCUT2D eigenvalue weighted by Crippen LogP contribution is 2.25. The van der Waals surface area contributed by atoms with Gasteiger partial charge in [-0.2, -0.15) is 0 Å². The zero-order valence-corrected chi connectivity index (χ0v) is 13.6. The number of nitrogens with zero attached hydrogens (tertiary/aromatic N) is 3. The fourth-order valence-corrected chi connectivity index (χ4v) is 2.47. The molecule has 0 amide bonds. The topological polar surface area (TPSA) is 83.3 Å². The van der Waals surface area contributed by atoms with Gasteiger partial charge in [0, 0.05) is 24.6 Å². The number of rotatable bonds is 3. The van der Waals surface area contributed by atoms with Crippen molar-refractivity contribution in [3.8, 4) is 5.75 Å². The third-order valence-corrected chi connectivity index (χ3v) is 3.69. The summed E-state index contributed by atoms with van der Waals surface area (Å²) in [6.45, 7) is 0. The molecule has 0 radical (unpaired) electrons. The lowest BCUT2D eigenvalue weighted by atomic mass is 10.2. The van der Waals surface area contributed by atoms with E-state index in [0.717, 1.165) is 10.9 Å². The van der Waals surface area contributed by atoms with Crippen molar-refractivity contribution in [2.75, 3.05) is 7.11 Å². The first-order valence-electron chi connectivity index (χ1n) is 6.87. The Hall–Kier alpha value is -2.93. The Balaban J connectivity index is 2.02. The van der Waals surface area contributed by atoms with Crippen molar-refractivity contribution >= 4 is 34.4 Å². The van der Waals surface area contributed by atoms with Gasteiger partial charge in [0.05, 0.1) is 18.3 Å². The summed E-state index contributed by atoms with van der Waals surface area (Å²) < 4.78 is 11.2. The third kappa shape index (κ3) is 2.93. The van der Waals surface area contributed by atoms with E-state index in [0.29, 0.717) is 11.4 Å². The molecule has 2 heterocycles. The Morgan fingerprint density at radius 3 is 2.67 bits per heavy atom. The standard InChI is InChI=1S/C16H12ClN3O4/c1-20-12-6-10(24-16(22)23-2)4-3-9(12)5-13(20)15(21)11-7-14(17)19-8-18-11/h3-8H,1-2H3. The van der Waals surface area contributed by atoms with E-state index in [1.54, 1.807) is 35.9 Å². The number of hydrogen-bond donors (Lipinski definition) is 0. The number of aromatic nitrogens is 3. The van der Waals surface area contributed by atoms with Crippen molar-refractivity contribution in [2.45, 2.75) is 0 Å². The van der Waals surface area contributed by atoms with E-state index in [4.69, 9.17) is 16.3 Å². The molecule has 2 aromatic heterocycles. The lowest BCUT2D eigenvalue weighted by molar-refractivity contribution is 0.102. The lowest BCUT2D eigenvalue weighted by Gasteiger charge is -2.05. The van der Waals surface area contributed by atoms with Gasteiger partial charge in [-0.15, -0.1) is 0 Å². The molecular weight excluding hydrogens is 334 g/mol. The van der Waals surface area contributed by atoms with Gasteiger partial charge in [-0.25, -0.2) is 14.8 Å². The molecular formula is C16H12ClN3O4. The molecule has 0 saturated carbocycles. The minimum absolute atomic E-state index is 0.195. The first kappa shape index (κ1) is 15.9. The largest absolute Gasteiger partial charge is 0.513 e. The number of halogens is 1. The molecule has 0 aliphatic carbocycles. The molecule has 0 fully saturated rings. The second-order valence-electron chi connectivity index (χ2n) is 4.92. The van der Waals surface area contributed by atoms with Gasteiger partial charge in [-0.3, -0.25) is 4.79 Å². The Morgan fingerprint density at radius 2 is 1.96 bits per heavy atom. The molecule has 24 heavy (non-hydrogen) atoms. The van der Waals surface area contributed by atoms with Crippen LogP contribution in [0.3, 0.4) is 0 Å². The van der Waals surface area contributed by atoms with Crippen LogP contribution in [0.4, 0.5) is 4.79 Å². The molecule has 0 spiro atoms. The fraction of sp³-hybridized carbons (Fsp3) is 0.125. The molecule has 0 bridgehead atoms. The Morgan fingerprint density at radius 1 is 1.17 bits per heavy atom.